The Kier molecular flexibility index (Phi) is 6.72. The maximum Gasteiger partial charge on any atom is 0.418 e. The van der Waals surface area contributed by atoms with Gasteiger partial charge in [0.25, 0.3) is 0 Å². The third-order valence-corrected chi connectivity index (χ3v) is 6.05. The lowest BCUT2D eigenvalue weighted by atomic mass is 10.1. The van der Waals surface area contributed by atoms with E-state index < -0.39 is 17.3 Å². The molecule has 4 rings (SSSR count). The first-order valence-electron chi connectivity index (χ1n) is 11.6. The number of ether oxygens (including phenoxy) is 2. The third kappa shape index (κ3) is 5.32. The van der Waals surface area contributed by atoms with Crippen molar-refractivity contribution in [1.82, 2.24) is 9.88 Å². The second-order valence-corrected chi connectivity index (χ2v) is 9.75. The molecule has 2 heterocycles. The van der Waals surface area contributed by atoms with Crippen LogP contribution in [0.15, 0.2) is 36.0 Å². The number of carbonyl (C=O) groups excluding carboxylic acids is 2. The number of pyridine rings is 1. The van der Waals surface area contributed by atoms with Crippen LogP contribution in [0, 0.1) is 0 Å². The summed E-state index contributed by atoms with van der Waals surface area (Å²) >= 11 is 0. The summed E-state index contributed by atoms with van der Waals surface area (Å²) in [6.07, 6.45) is -2.26. The minimum absolute atomic E-state index is 0.191. The molecule has 0 bridgehead atoms. The largest absolute Gasteiger partial charge is 0.495 e. The van der Waals surface area contributed by atoms with Crippen LogP contribution in [-0.2, 0) is 17.3 Å². The van der Waals surface area contributed by atoms with Crippen molar-refractivity contribution >= 4 is 23.6 Å². The molecular weight excluding hydrogens is 475 g/mol. The molecule has 1 fully saturated rings. The SMILES string of the molecule is COc1cc2c(cc1N1CCN(C(=O)OC(C)(C)C)CC1)CC(=Cc1ncccc1C(F)(F)F)C2=O. The number of rotatable bonds is 3. The van der Waals surface area contributed by atoms with Crippen LogP contribution in [0.3, 0.4) is 0 Å². The lowest BCUT2D eigenvalue weighted by Crippen LogP contribution is -2.50. The van der Waals surface area contributed by atoms with E-state index >= 15 is 0 Å². The van der Waals surface area contributed by atoms with Crippen LogP contribution in [0.4, 0.5) is 23.7 Å². The van der Waals surface area contributed by atoms with Gasteiger partial charge in [0.15, 0.2) is 5.78 Å². The number of anilines is 1. The first-order chi connectivity index (χ1) is 16.9. The Labute approximate surface area is 207 Å². The van der Waals surface area contributed by atoms with Crippen LogP contribution >= 0.6 is 0 Å². The monoisotopic (exact) mass is 503 g/mol. The van der Waals surface area contributed by atoms with Crippen molar-refractivity contribution in [3.05, 3.63) is 58.4 Å². The number of carbonyl (C=O) groups is 2. The predicted molar refractivity (Wildman–Crippen MR) is 128 cm³/mol. The van der Waals surface area contributed by atoms with Crippen molar-refractivity contribution in [2.45, 2.75) is 39.0 Å². The second-order valence-electron chi connectivity index (χ2n) is 9.75. The van der Waals surface area contributed by atoms with Crippen molar-refractivity contribution in [1.29, 1.82) is 0 Å². The Morgan fingerprint density at radius 2 is 1.81 bits per heavy atom. The fourth-order valence-electron chi connectivity index (χ4n) is 4.35. The van der Waals surface area contributed by atoms with Gasteiger partial charge < -0.3 is 19.3 Å². The summed E-state index contributed by atoms with van der Waals surface area (Å²) in [5.74, 6) is 0.145. The number of hydrogen-bond donors (Lipinski definition) is 0. The van der Waals surface area contributed by atoms with E-state index in [1.807, 2.05) is 26.8 Å². The minimum Gasteiger partial charge on any atom is -0.495 e. The Bertz CT molecular complexity index is 1210. The number of hydrogen-bond acceptors (Lipinski definition) is 6. The molecule has 2 aromatic rings. The van der Waals surface area contributed by atoms with Crippen LogP contribution in [0.5, 0.6) is 5.75 Å². The number of nitrogens with zero attached hydrogens (tertiary/aromatic N) is 3. The summed E-state index contributed by atoms with van der Waals surface area (Å²) in [5, 5.41) is 0. The molecule has 0 spiro atoms. The summed E-state index contributed by atoms with van der Waals surface area (Å²) in [5.41, 5.74) is 0.366. The number of alkyl halides is 3. The maximum absolute atomic E-state index is 13.4. The molecule has 1 aromatic heterocycles. The molecule has 36 heavy (non-hydrogen) atoms. The molecule has 1 aliphatic carbocycles. The molecule has 1 saturated heterocycles. The van der Waals surface area contributed by atoms with Gasteiger partial charge in [0.05, 0.1) is 24.1 Å². The maximum atomic E-state index is 13.4. The summed E-state index contributed by atoms with van der Waals surface area (Å²) in [6.45, 7) is 7.44. The molecule has 1 aliphatic heterocycles. The zero-order valence-corrected chi connectivity index (χ0v) is 20.6. The molecule has 7 nitrogen and oxygen atoms in total. The average molecular weight is 504 g/mol. The topological polar surface area (TPSA) is 72.0 Å². The number of piperazine rings is 1. The number of aromatic nitrogens is 1. The van der Waals surface area contributed by atoms with Crippen molar-refractivity contribution in [2.24, 2.45) is 0 Å². The smallest absolute Gasteiger partial charge is 0.418 e. The van der Waals surface area contributed by atoms with Gasteiger partial charge in [-0.1, -0.05) is 0 Å². The third-order valence-electron chi connectivity index (χ3n) is 6.05. The first-order valence-corrected chi connectivity index (χ1v) is 11.6. The fraction of sp³-hybridized carbons (Fsp3) is 0.423. The Balaban J connectivity index is 1.56. The van der Waals surface area contributed by atoms with Gasteiger partial charge in [-0.15, -0.1) is 0 Å². The van der Waals surface area contributed by atoms with Crippen molar-refractivity contribution in [3.63, 3.8) is 0 Å². The Morgan fingerprint density at radius 1 is 1.11 bits per heavy atom. The normalized spacial score (nSPS) is 17.4. The number of Topliss-reactive ketones (excluding diaryl/α,β-unsaturated/α-hetero) is 1. The lowest BCUT2D eigenvalue weighted by molar-refractivity contribution is -0.138. The zero-order valence-electron chi connectivity index (χ0n) is 20.6. The number of ketones is 1. The number of allylic oxidation sites excluding steroid dienone is 1. The number of amides is 1. The highest BCUT2D eigenvalue weighted by Gasteiger charge is 2.35. The number of halogens is 3. The average Bonchev–Trinajstić information content (AvgIpc) is 3.11. The molecule has 10 heteroatoms. The van der Waals surface area contributed by atoms with E-state index in [0.29, 0.717) is 43.1 Å². The Hall–Kier alpha value is -3.56. The summed E-state index contributed by atoms with van der Waals surface area (Å²) in [7, 11) is 1.50. The van der Waals surface area contributed by atoms with E-state index in [2.05, 4.69) is 9.88 Å². The van der Waals surface area contributed by atoms with Gasteiger partial charge in [-0.05, 0) is 56.7 Å². The van der Waals surface area contributed by atoms with Gasteiger partial charge in [0.2, 0.25) is 0 Å². The van der Waals surface area contributed by atoms with Crippen LogP contribution in [0.2, 0.25) is 0 Å². The Morgan fingerprint density at radius 3 is 2.42 bits per heavy atom. The van der Waals surface area contributed by atoms with Crippen LogP contribution in [0.1, 0.15) is 48.0 Å². The van der Waals surface area contributed by atoms with Crippen LogP contribution < -0.4 is 9.64 Å². The van der Waals surface area contributed by atoms with E-state index in [-0.39, 0.29) is 29.6 Å². The van der Waals surface area contributed by atoms with E-state index in [9.17, 15) is 22.8 Å². The van der Waals surface area contributed by atoms with E-state index in [1.165, 1.54) is 25.4 Å². The van der Waals surface area contributed by atoms with Gasteiger partial charge >= 0.3 is 12.3 Å². The quantitative estimate of drug-likeness (QED) is 0.550. The number of benzene rings is 1. The molecule has 0 atom stereocenters. The highest BCUT2D eigenvalue weighted by molar-refractivity contribution is 6.16. The molecule has 192 valence electrons. The van der Waals surface area contributed by atoms with Crippen molar-refractivity contribution in [2.75, 3.05) is 38.2 Å². The lowest BCUT2D eigenvalue weighted by Gasteiger charge is -2.37. The molecule has 1 amide bonds. The van der Waals surface area contributed by atoms with Crippen LogP contribution in [-0.4, -0.2) is 60.7 Å². The van der Waals surface area contributed by atoms with E-state index in [0.717, 1.165) is 11.8 Å². The van der Waals surface area contributed by atoms with E-state index in [4.69, 9.17) is 9.47 Å². The number of fused-ring (bicyclic) bond motifs is 1. The molecule has 1 aromatic carbocycles. The standard InChI is InChI=1S/C26H28F3N3O4/c1-25(2,3)36-24(34)32-10-8-31(9-11-32)21-14-16-12-17(23(33)18(16)15-22(21)35-4)13-20-19(26(27,28)29)6-5-7-30-20/h5-7,13-15H,8-12H2,1-4H3. The van der Waals surface area contributed by atoms with Crippen LogP contribution in [0.25, 0.3) is 6.08 Å². The molecule has 0 saturated carbocycles. The summed E-state index contributed by atoms with van der Waals surface area (Å²) < 4.78 is 51.2. The van der Waals surface area contributed by atoms with E-state index in [1.54, 1.807) is 11.0 Å². The minimum atomic E-state index is -4.58. The molecule has 0 radical (unpaired) electrons. The fourth-order valence-corrected chi connectivity index (χ4v) is 4.35. The molecule has 0 unspecified atom stereocenters. The highest BCUT2D eigenvalue weighted by atomic mass is 19.4. The van der Waals surface area contributed by atoms with Gasteiger partial charge in [-0.25, -0.2) is 4.79 Å². The molecular formula is C26H28F3N3O4. The van der Waals surface area contributed by atoms with Gasteiger partial charge in [0.1, 0.15) is 11.4 Å². The summed E-state index contributed by atoms with van der Waals surface area (Å²) in [6, 6.07) is 5.65. The number of methoxy groups -OCH3 is 1. The molecule has 0 N–H and O–H groups in total. The first kappa shape index (κ1) is 25.5. The van der Waals surface area contributed by atoms with Gasteiger partial charge in [-0.2, -0.15) is 13.2 Å². The highest BCUT2D eigenvalue weighted by Crippen LogP contribution is 2.39. The second kappa shape index (κ2) is 9.48. The molecule has 2 aliphatic rings. The van der Waals surface area contributed by atoms with Gasteiger partial charge in [-0.3, -0.25) is 9.78 Å². The summed E-state index contributed by atoms with van der Waals surface area (Å²) in [4.78, 5) is 33.0. The van der Waals surface area contributed by atoms with Crippen molar-refractivity contribution in [3.8, 4) is 5.75 Å². The van der Waals surface area contributed by atoms with Gasteiger partial charge in [0, 0.05) is 49.9 Å². The van der Waals surface area contributed by atoms with Crippen molar-refractivity contribution < 1.29 is 32.2 Å². The zero-order chi connectivity index (χ0) is 26.3. The predicted octanol–water partition coefficient (Wildman–Crippen LogP) is 4.99.